The highest BCUT2D eigenvalue weighted by Gasteiger charge is 2.04. The van der Waals surface area contributed by atoms with Crippen molar-refractivity contribution in [1.29, 1.82) is 0 Å². The summed E-state index contributed by atoms with van der Waals surface area (Å²) in [6.45, 7) is 1.93. The smallest absolute Gasteiger partial charge is 0.127 e. The fourth-order valence-corrected chi connectivity index (χ4v) is 1.83. The van der Waals surface area contributed by atoms with Crippen molar-refractivity contribution >= 4 is 0 Å². The summed E-state index contributed by atoms with van der Waals surface area (Å²) in [7, 11) is 1.96. The second-order valence-corrected chi connectivity index (χ2v) is 4.49. The molecule has 0 saturated heterocycles. The third-order valence-electron chi connectivity index (χ3n) is 2.88. The first-order chi connectivity index (χ1) is 9.25. The molecule has 0 aliphatic rings. The quantitative estimate of drug-likeness (QED) is 0.789. The van der Waals surface area contributed by atoms with E-state index in [0.29, 0.717) is 18.7 Å². The van der Waals surface area contributed by atoms with Crippen LogP contribution in [0.1, 0.15) is 5.56 Å². The molecule has 0 unspecified atom stereocenters. The lowest BCUT2D eigenvalue weighted by Crippen LogP contribution is -2.24. The lowest BCUT2D eigenvalue weighted by molar-refractivity contribution is 0.231. The Kier molecular flexibility index (Phi) is 4.93. The molecule has 0 bridgehead atoms. The molecule has 0 spiro atoms. The number of hydrogen-bond donors (Lipinski definition) is 0. The Balaban J connectivity index is 1.76. The van der Waals surface area contributed by atoms with Crippen LogP contribution < -0.4 is 4.74 Å². The Morgan fingerprint density at radius 2 is 1.68 bits per heavy atom. The van der Waals surface area contributed by atoms with Crippen molar-refractivity contribution in [2.24, 2.45) is 0 Å². The molecule has 19 heavy (non-hydrogen) atoms. The van der Waals surface area contributed by atoms with Crippen molar-refractivity contribution in [3.05, 3.63) is 66.0 Å². The van der Waals surface area contributed by atoms with Gasteiger partial charge in [0.1, 0.15) is 18.2 Å². The highest BCUT2D eigenvalue weighted by Crippen LogP contribution is 2.10. The fourth-order valence-electron chi connectivity index (χ4n) is 1.83. The van der Waals surface area contributed by atoms with Crippen LogP contribution in [0.5, 0.6) is 5.75 Å². The van der Waals surface area contributed by atoms with Crippen molar-refractivity contribution in [2.75, 3.05) is 20.2 Å². The Bertz CT molecular complexity index is 501. The zero-order valence-corrected chi connectivity index (χ0v) is 11.1. The number of likely N-dealkylation sites (N-methyl/N-ethyl adjacent to an activating group) is 1. The molecule has 0 aliphatic carbocycles. The Labute approximate surface area is 113 Å². The number of halogens is 1. The maximum absolute atomic E-state index is 13.5. The van der Waals surface area contributed by atoms with Crippen molar-refractivity contribution in [3.63, 3.8) is 0 Å². The summed E-state index contributed by atoms with van der Waals surface area (Å²) in [5, 5.41) is 0. The molecule has 0 N–H and O–H groups in total. The van der Waals surface area contributed by atoms with Gasteiger partial charge in [0.05, 0.1) is 0 Å². The predicted octanol–water partition coefficient (Wildman–Crippen LogP) is 3.34. The first-order valence-electron chi connectivity index (χ1n) is 6.35. The summed E-state index contributed by atoms with van der Waals surface area (Å²) in [5.74, 6) is 0.708. The summed E-state index contributed by atoms with van der Waals surface area (Å²) in [4.78, 5) is 2.04. The van der Waals surface area contributed by atoms with Gasteiger partial charge in [-0.3, -0.25) is 4.90 Å². The number of rotatable bonds is 6. The van der Waals surface area contributed by atoms with Crippen LogP contribution in [0.25, 0.3) is 0 Å². The van der Waals surface area contributed by atoms with Crippen LogP contribution in [-0.4, -0.2) is 25.1 Å². The van der Waals surface area contributed by atoms with Gasteiger partial charge in [-0.05, 0) is 25.2 Å². The lowest BCUT2D eigenvalue weighted by Gasteiger charge is -2.17. The minimum absolute atomic E-state index is 0.154. The number of benzene rings is 2. The predicted molar refractivity (Wildman–Crippen MR) is 74.7 cm³/mol. The second-order valence-electron chi connectivity index (χ2n) is 4.49. The summed E-state index contributed by atoms with van der Waals surface area (Å²) in [5.41, 5.74) is 0.713. The van der Waals surface area contributed by atoms with Gasteiger partial charge >= 0.3 is 0 Å². The molecule has 3 heteroatoms. The molecular weight excluding hydrogens is 241 g/mol. The maximum atomic E-state index is 13.5. The van der Waals surface area contributed by atoms with Crippen LogP contribution in [0.2, 0.25) is 0 Å². The van der Waals surface area contributed by atoms with E-state index in [1.54, 1.807) is 6.07 Å². The summed E-state index contributed by atoms with van der Waals surface area (Å²) in [6, 6.07) is 16.6. The third-order valence-corrected chi connectivity index (χ3v) is 2.88. The summed E-state index contributed by atoms with van der Waals surface area (Å²) in [6.07, 6.45) is 0. The zero-order valence-electron chi connectivity index (χ0n) is 11.1. The number of nitrogens with zero attached hydrogens (tertiary/aromatic N) is 1. The average molecular weight is 259 g/mol. The molecule has 2 aromatic rings. The molecule has 0 aliphatic heterocycles. The minimum atomic E-state index is -0.154. The van der Waals surface area contributed by atoms with Gasteiger partial charge in [0, 0.05) is 18.7 Å². The second kappa shape index (κ2) is 6.90. The van der Waals surface area contributed by atoms with Crippen LogP contribution in [0.3, 0.4) is 0 Å². The van der Waals surface area contributed by atoms with Crippen molar-refractivity contribution in [2.45, 2.75) is 6.54 Å². The molecule has 2 rings (SSSR count). The molecule has 0 radical (unpaired) electrons. The van der Waals surface area contributed by atoms with E-state index in [1.807, 2.05) is 54.4 Å². The topological polar surface area (TPSA) is 12.5 Å². The normalized spacial score (nSPS) is 10.7. The Hall–Kier alpha value is -1.87. The van der Waals surface area contributed by atoms with Gasteiger partial charge in [0.2, 0.25) is 0 Å². The van der Waals surface area contributed by atoms with E-state index in [1.165, 1.54) is 6.07 Å². The Morgan fingerprint density at radius 1 is 1.00 bits per heavy atom. The standard InChI is InChI=1S/C16H18FNO/c1-18(13-14-7-5-6-10-16(14)17)11-12-19-15-8-3-2-4-9-15/h2-10H,11-13H2,1H3. The van der Waals surface area contributed by atoms with Gasteiger partial charge < -0.3 is 4.74 Å². The monoisotopic (exact) mass is 259 g/mol. The maximum Gasteiger partial charge on any atom is 0.127 e. The van der Waals surface area contributed by atoms with Crippen LogP contribution in [-0.2, 0) is 6.54 Å². The average Bonchev–Trinajstić information content (AvgIpc) is 2.43. The van der Waals surface area contributed by atoms with E-state index in [9.17, 15) is 4.39 Å². The van der Waals surface area contributed by atoms with E-state index in [2.05, 4.69) is 0 Å². The number of para-hydroxylation sites is 1. The molecule has 0 saturated carbocycles. The lowest BCUT2D eigenvalue weighted by atomic mass is 10.2. The molecule has 100 valence electrons. The van der Waals surface area contributed by atoms with Crippen molar-refractivity contribution in [1.82, 2.24) is 4.90 Å². The van der Waals surface area contributed by atoms with E-state index in [-0.39, 0.29) is 5.82 Å². The van der Waals surface area contributed by atoms with Gasteiger partial charge in [0.15, 0.2) is 0 Å². The van der Waals surface area contributed by atoms with E-state index in [4.69, 9.17) is 4.74 Å². The molecule has 0 fully saturated rings. The van der Waals surface area contributed by atoms with Crippen LogP contribution in [0.15, 0.2) is 54.6 Å². The third kappa shape index (κ3) is 4.38. The first kappa shape index (κ1) is 13.6. The first-order valence-corrected chi connectivity index (χ1v) is 6.35. The zero-order chi connectivity index (χ0) is 13.5. The van der Waals surface area contributed by atoms with E-state index in [0.717, 1.165) is 12.3 Å². The van der Waals surface area contributed by atoms with Gasteiger partial charge in [-0.2, -0.15) is 0 Å². The molecule has 0 aromatic heterocycles. The van der Waals surface area contributed by atoms with Crippen LogP contribution >= 0.6 is 0 Å². The molecule has 2 nitrogen and oxygen atoms in total. The summed E-state index contributed by atoms with van der Waals surface area (Å²) < 4.78 is 19.1. The molecule has 2 aromatic carbocycles. The highest BCUT2D eigenvalue weighted by atomic mass is 19.1. The van der Waals surface area contributed by atoms with Crippen molar-refractivity contribution < 1.29 is 9.13 Å². The molecule has 0 atom stereocenters. The number of hydrogen-bond acceptors (Lipinski definition) is 2. The van der Waals surface area contributed by atoms with Gasteiger partial charge in [0.25, 0.3) is 0 Å². The Morgan fingerprint density at radius 3 is 2.42 bits per heavy atom. The van der Waals surface area contributed by atoms with Crippen LogP contribution in [0, 0.1) is 5.82 Å². The van der Waals surface area contributed by atoms with Gasteiger partial charge in [-0.1, -0.05) is 36.4 Å². The van der Waals surface area contributed by atoms with E-state index < -0.39 is 0 Å². The molecule has 0 heterocycles. The molecular formula is C16H18FNO. The highest BCUT2D eigenvalue weighted by molar-refractivity contribution is 5.21. The van der Waals surface area contributed by atoms with Crippen molar-refractivity contribution in [3.8, 4) is 5.75 Å². The van der Waals surface area contributed by atoms with Crippen LogP contribution in [0.4, 0.5) is 4.39 Å². The SMILES string of the molecule is CN(CCOc1ccccc1)Cc1ccccc1F. The van der Waals surface area contributed by atoms with E-state index >= 15 is 0 Å². The summed E-state index contributed by atoms with van der Waals surface area (Å²) >= 11 is 0. The largest absolute Gasteiger partial charge is 0.492 e. The minimum Gasteiger partial charge on any atom is -0.492 e. The van der Waals surface area contributed by atoms with Gasteiger partial charge in [-0.25, -0.2) is 4.39 Å². The molecule has 0 amide bonds. The van der Waals surface area contributed by atoms with Gasteiger partial charge in [-0.15, -0.1) is 0 Å². The number of ether oxygens (including phenoxy) is 1. The fraction of sp³-hybridized carbons (Fsp3) is 0.250.